The molecule has 0 radical (unpaired) electrons. The molecule has 0 aliphatic rings. The van der Waals surface area contributed by atoms with Gasteiger partial charge in [-0.3, -0.25) is 0 Å². The molecule has 1 atom stereocenters. The minimum absolute atomic E-state index is 0.0708. The van der Waals surface area contributed by atoms with Crippen LogP contribution in [0.15, 0.2) is 48.5 Å². The Morgan fingerprint density at radius 1 is 0.800 bits per heavy atom. The van der Waals surface area contributed by atoms with Crippen molar-refractivity contribution >= 4 is 11.3 Å². The highest BCUT2D eigenvalue weighted by Gasteiger charge is 2.72. The van der Waals surface area contributed by atoms with Crippen LogP contribution in [0.1, 0.15) is 39.6 Å². The number of halogens is 6. The van der Waals surface area contributed by atoms with E-state index in [1.807, 2.05) is 0 Å². The summed E-state index contributed by atoms with van der Waals surface area (Å²) in [6, 6.07) is 12.2. The van der Waals surface area contributed by atoms with Gasteiger partial charge >= 0.3 is 18.0 Å². The molecule has 35 heavy (non-hydrogen) atoms. The minimum Gasteiger partial charge on any atom is -0.392 e. The van der Waals surface area contributed by atoms with E-state index in [-0.39, 0.29) is 35.6 Å². The SMILES string of the molecule is CCc1cccc(-c2ccc(CCc3ccc(CO)c(CO)c3)s2)c1C(O)(F)C(F)(F)C(F)(F)F. The third kappa shape index (κ3) is 5.25. The van der Waals surface area contributed by atoms with E-state index in [0.29, 0.717) is 24.0 Å². The molecular weight excluding hydrogens is 494 g/mol. The summed E-state index contributed by atoms with van der Waals surface area (Å²) < 4.78 is 82.1. The van der Waals surface area contributed by atoms with Gasteiger partial charge in [-0.05, 0) is 53.6 Å². The Labute approximate surface area is 202 Å². The standard InChI is InChI=1S/C25H24F6O3S/c1-2-16-4-3-5-20(22(16)23(26,34)24(27,28)25(29,30)31)21-11-10-19(35-21)9-7-15-6-8-17(13-32)18(12-15)14-33/h3-6,8,10-12,32-34H,2,7,9,13-14H2,1H3. The molecule has 0 saturated carbocycles. The van der Waals surface area contributed by atoms with E-state index in [0.717, 1.165) is 21.8 Å². The molecule has 0 amide bonds. The molecule has 190 valence electrons. The lowest BCUT2D eigenvalue weighted by Gasteiger charge is -2.33. The van der Waals surface area contributed by atoms with Gasteiger partial charge in [0.25, 0.3) is 0 Å². The zero-order valence-electron chi connectivity index (χ0n) is 18.7. The maximum atomic E-state index is 15.1. The van der Waals surface area contributed by atoms with Gasteiger partial charge in [-0.15, -0.1) is 11.3 Å². The number of aryl methyl sites for hydroxylation is 3. The summed E-state index contributed by atoms with van der Waals surface area (Å²) >= 11 is 1.10. The molecule has 0 saturated heterocycles. The van der Waals surface area contributed by atoms with Crippen molar-refractivity contribution in [3.05, 3.63) is 81.2 Å². The number of aliphatic hydroxyl groups excluding tert-OH is 2. The number of hydrogen-bond donors (Lipinski definition) is 3. The number of thiophene rings is 1. The summed E-state index contributed by atoms with van der Waals surface area (Å²) in [4.78, 5) is 1.00. The van der Waals surface area contributed by atoms with Crippen molar-refractivity contribution in [2.45, 2.75) is 57.4 Å². The Morgan fingerprint density at radius 2 is 1.49 bits per heavy atom. The van der Waals surface area contributed by atoms with Crippen molar-refractivity contribution in [1.29, 1.82) is 0 Å². The topological polar surface area (TPSA) is 60.7 Å². The van der Waals surface area contributed by atoms with Crippen LogP contribution >= 0.6 is 11.3 Å². The highest BCUT2D eigenvalue weighted by atomic mass is 32.1. The predicted octanol–water partition coefficient (Wildman–Crippen LogP) is 6.06. The smallest absolute Gasteiger partial charge is 0.392 e. The molecule has 1 aromatic heterocycles. The Kier molecular flexibility index (Phi) is 8.00. The Hall–Kier alpha value is -2.40. The van der Waals surface area contributed by atoms with Crippen LogP contribution in [0.4, 0.5) is 26.3 Å². The quantitative estimate of drug-likeness (QED) is 0.302. The van der Waals surface area contributed by atoms with Crippen molar-refractivity contribution in [1.82, 2.24) is 0 Å². The fourth-order valence-corrected chi connectivity index (χ4v) is 4.94. The van der Waals surface area contributed by atoms with Crippen LogP contribution < -0.4 is 0 Å². The maximum absolute atomic E-state index is 15.1. The zero-order valence-corrected chi connectivity index (χ0v) is 19.5. The van der Waals surface area contributed by atoms with Gasteiger partial charge in [-0.25, -0.2) is 0 Å². The van der Waals surface area contributed by atoms with Crippen LogP contribution in [0.25, 0.3) is 10.4 Å². The lowest BCUT2D eigenvalue weighted by molar-refractivity contribution is -0.379. The monoisotopic (exact) mass is 518 g/mol. The average Bonchev–Trinajstić information content (AvgIpc) is 3.30. The summed E-state index contributed by atoms with van der Waals surface area (Å²) in [6.07, 6.45) is -5.36. The molecule has 0 bridgehead atoms. The van der Waals surface area contributed by atoms with Gasteiger partial charge in [-0.1, -0.05) is 43.3 Å². The first-order valence-electron chi connectivity index (χ1n) is 10.8. The second-order valence-corrected chi connectivity index (χ2v) is 9.24. The largest absolute Gasteiger partial charge is 0.459 e. The van der Waals surface area contributed by atoms with Crippen LogP contribution in [0.3, 0.4) is 0 Å². The summed E-state index contributed by atoms with van der Waals surface area (Å²) in [5, 5.41) is 28.7. The molecule has 10 heteroatoms. The van der Waals surface area contributed by atoms with E-state index in [4.69, 9.17) is 0 Å². The van der Waals surface area contributed by atoms with Gasteiger partial charge in [0.15, 0.2) is 0 Å². The van der Waals surface area contributed by atoms with Gasteiger partial charge in [0.1, 0.15) is 0 Å². The van der Waals surface area contributed by atoms with E-state index in [1.165, 1.54) is 31.2 Å². The first-order chi connectivity index (χ1) is 16.4. The summed E-state index contributed by atoms with van der Waals surface area (Å²) in [7, 11) is 0. The molecule has 2 aromatic carbocycles. The molecule has 1 heterocycles. The van der Waals surface area contributed by atoms with E-state index < -0.39 is 23.5 Å². The molecule has 0 spiro atoms. The summed E-state index contributed by atoms with van der Waals surface area (Å²) in [6.45, 7) is 1.02. The van der Waals surface area contributed by atoms with Crippen molar-refractivity contribution in [2.24, 2.45) is 0 Å². The van der Waals surface area contributed by atoms with Gasteiger partial charge in [0.2, 0.25) is 0 Å². The van der Waals surface area contributed by atoms with Crippen LogP contribution in [0.2, 0.25) is 0 Å². The van der Waals surface area contributed by atoms with E-state index in [9.17, 15) is 37.3 Å². The van der Waals surface area contributed by atoms with Gasteiger partial charge in [0, 0.05) is 20.9 Å². The van der Waals surface area contributed by atoms with Crippen LogP contribution in [-0.2, 0) is 38.3 Å². The number of benzene rings is 2. The number of rotatable bonds is 9. The Balaban J connectivity index is 1.95. The van der Waals surface area contributed by atoms with Crippen LogP contribution in [-0.4, -0.2) is 27.4 Å². The van der Waals surface area contributed by atoms with Crippen LogP contribution in [0, 0.1) is 0 Å². The van der Waals surface area contributed by atoms with Crippen molar-refractivity contribution in [3.63, 3.8) is 0 Å². The fraction of sp³-hybridized carbons (Fsp3) is 0.360. The summed E-state index contributed by atoms with van der Waals surface area (Å²) in [5.74, 6) is -11.0. The molecule has 3 rings (SSSR count). The molecule has 0 fully saturated rings. The van der Waals surface area contributed by atoms with Gasteiger partial charge in [0.05, 0.1) is 13.2 Å². The Morgan fingerprint density at radius 3 is 2.09 bits per heavy atom. The van der Waals surface area contributed by atoms with E-state index >= 15 is 4.39 Å². The number of hydrogen-bond acceptors (Lipinski definition) is 4. The lowest BCUT2D eigenvalue weighted by atomic mass is 9.89. The highest BCUT2D eigenvalue weighted by Crippen LogP contribution is 2.52. The normalized spacial score (nSPS) is 14.2. The maximum Gasteiger partial charge on any atom is 0.459 e. The minimum atomic E-state index is -6.30. The molecule has 3 aromatic rings. The van der Waals surface area contributed by atoms with Crippen molar-refractivity contribution < 1.29 is 41.7 Å². The molecular formula is C25H24F6O3S. The molecule has 0 aliphatic heterocycles. The molecule has 1 unspecified atom stereocenters. The van der Waals surface area contributed by atoms with Gasteiger partial charge in [-0.2, -0.15) is 26.3 Å². The molecule has 3 nitrogen and oxygen atoms in total. The second-order valence-electron chi connectivity index (χ2n) is 8.07. The number of aliphatic hydroxyl groups is 3. The Bertz CT molecular complexity index is 1170. The average molecular weight is 519 g/mol. The summed E-state index contributed by atoms with van der Waals surface area (Å²) in [5.41, 5.74) is 0.581. The van der Waals surface area contributed by atoms with E-state index in [2.05, 4.69) is 0 Å². The second kappa shape index (κ2) is 10.3. The van der Waals surface area contributed by atoms with Gasteiger partial charge < -0.3 is 15.3 Å². The molecule has 3 N–H and O–H groups in total. The van der Waals surface area contributed by atoms with Crippen molar-refractivity contribution in [2.75, 3.05) is 0 Å². The number of alkyl halides is 6. The fourth-order valence-electron chi connectivity index (χ4n) is 3.90. The highest BCUT2D eigenvalue weighted by molar-refractivity contribution is 7.15. The van der Waals surface area contributed by atoms with Crippen molar-refractivity contribution in [3.8, 4) is 10.4 Å². The van der Waals surface area contributed by atoms with E-state index in [1.54, 1.807) is 24.3 Å². The third-order valence-corrected chi connectivity index (χ3v) is 7.01. The first-order valence-corrected chi connectivity index (χ1v) is 11.6. The third-order valence-electron chi connectivity index (χ3n) is 5.83. The zero-order chi connectivity index (χ0) is 26.0. The predicted molar refractivity (Wildman–Crippen MR) is 121 cm³/mol. The lowest BCUT2D eigenvalue weighted by Crippen LogP contribution is -2.53. The molecule has 0 aliphatic carbocycles. The van der Waals surface area contributed by atoms with Crippen LogP contribution in [0.5, 0.6) is 0 Å². The first kappa shape index (κ1) is 27.2.